The van der Waals surface area contributed by atoms with Crippen LogP contribution in [0.2, 0.25) is 0 Å². The van der Waals surface area contributed by atoms with Crippen LogP contribution in [0.25, 0.3) is 0 Å². The minimum Gasteiger partial charge on any atom is -0.507 e. The summed E-state index contributed by atoms with van der Waals surface area (Å²) < 4.78 is 8.21. The molecule has 2 unspecified atom stereocenters. The van der Waals surface area contributed by atoms with E-state index in [0.717, 1.165) is 61.0 Å². The largest absolute Gasteiger partial charge is 0.507 e. The topological polar surface area (TPSA) is 82.8 Å². The van der Waals surface area contributed by atoms with Crippen LogP contribution in [0.4, 0.5) is 0 Å². The van der Waals surface area contributed by atoms with Crippen LogP contribution in [0.3, 0.4) is 0 Å². The Kier molecular flexibility index (Phi) is 7.67. The Morgan fingerprint density at radius 1 is 0.763 bits per heavy atom. The summed E-state index contributed by atoms with van der Waals surface area (Å²) in [6.45, 7) is 1.45. The molecule has 0 saturated heterocycles. The van der Waals surface area contributed by atoms with Gasteiger partial charge in [0, 0.05) is 23.6 Å². The van der Waals surface area contributed by atoms with Gasteiger partial charge in [0.2, 0.25) is 12.7 Å². The van der Waals surface area contributed by atoms with E-state index >= 15 is 0 Å². The molecule has 2 atom stereocenters. The Balaban J connectivity index is 1.29. The zero-order valence-electron chi connectivity index (χ0n) is 22.1. The molecule has 5 rings (SSSR count). The van der Waals surface area contributed by atoms with Crippen molar-refractivity contribution < 1.29 is 19.3 Å². The number of imidazole rings is 2. The van der Waals surface area contributed by atoms with Gasteiger partial charge in [-0.2, -0.15) is 0 Å². The number of aryl methyl sites for hydroxylation is 2. The Labute approximate surface area is 223 Å². The molecule has 1 aliphatic rings. The number of aromatic nitrogens is 4. The van der Waals surface area contributed by atoms with Crippen molar-refractivity contribution in [3.63, 3.8) is 0 Å². The summed E-state index contributed by atoms with van der Waals surface area (Å²) in [6, 6.07) is 11.4. The van der Waals surface area contributed by atoms with Crippen molar-refractivity contribution in [1.82, 2.24) is 9.13 Å². The minimum absolute atomic E-state index is 0.0387. The Morgan fingerprint density at radius 2 is 1.21 bits per heavy atom. The first-order valence-corrected chi connectivity index (χ1v) is 13.1. The standard InChI is InChI=1S/C30H34N6O2/c1-33-11-13-35(21-33)19-23-7-9-29(37)25(15-23)17-31-27-5-3-4-6-28(27)32-18-26-16-24(8-10-30(26)38)20-36-14-12-34(2)22-36/h7-18,21-22,27-28H,3-6,19-20H2,1-2H3/p+2. The Hall–Kier alpha value is -4.20. The van der Waals surface area contributed by atoms with E-state index < -0.39 is 0 Å². The van der Waals surface area contributed by atoms with Gasteiger partial charge in [0.15, 0.2) is 0 Å². The maximum absolute atomic E-state index is 10.5. The highest BCUT2D eigenvalue weighted by Gasteiger charge is 2.23. The van der Waals surface area contributed by atoms with Gasteiger partial charge in [-0.3, -0.25) is 9.98 Å². The highest BCUT2D eigenvalue weighted by Crippen LogP contribution is 2.26. The molecular weight excluding hydrogens is 476 g/mol. The molecule has 1 aliphatic carbocycles. The van der Waals surface area contributed by atoms with Gasteiger partial charge < -0.3 is 10.2 Å². The number of aromatic hydroxyl groups is 2. The molecule has 0 bridgehead atoms. The first-order chi connectivity index (χ1) is 18.4. The number of aliphatic imine (C=N–C) groups is 2. The van der Waals surface area contributed by atoms with Gasteiger partial charge >= 0.3 is 0 Å². The second kappa shape index (κ2) is 11.5. The van der Waals surface area contributed by atoms with E-state index in [1.54, 1.807) is 24.6 Å². The van der Waals surface area contributed by atoms with Crippen molar-refractivity contribution in [2.24, 2.45) is 24.1 Å². The first-order valence-electron chi connectivity index (χ1n) is 13.1. The molecule has 0 amide bonds. The monoisotopic (exact) mass is 512 g/mol. The molecule has 2 heterocycles. The summed E-state index contributed by atoms with van der Waals surface area (Å²) in [7, 11) is 3.99. The van der Waals surface area contributed by atoms with Gasteiger partial charge in [-0.05, 0) is 48.2 Å². The molecule has 196 valence electrons. The van der Waals surface area contributed by atoms with Crippen LogP contribution in [-0.4, -0.2) is 43.9 Å². The van der Waals surface area contributed by atoms with Crippen LogP contribution in [-0.2, 0) is 27.2 Å². The molecule has 38 heavy (non-hydrogen) atoms. The zero-order chi connectivity index (χ0) is 26.5. The average Bonchev–Trinajstić information content (AvgIpc) is 3.52. The molecule has 1 fully saturated rings. The summed E-state index contributed by atoms with van der Waals surface area (Å²) >= 11 is 0. The lowest BCUT2D eigenvalue weighted by Gasteiger charge is -2.25. The van der Waals surface area contributed by atoms with Crippen LogP contribution in [0.15, 0.2) is 83.8 Å². The SMILES string of the molecule is C[n+]1ccn(Cc2ccc(O)c(C=NC3CCCCC3N=Cc3cc(Cn4cc[n+](C)c4)ccc3O)c2)c1. The van der Waals surface area contributed by atoms with E-state index in [0.29, 0.717) is 0 Å². The lowest BCUT2D eigenvalue weighted by Crippen LogP contribution is -2.27. The maximum Gasteiger partial charge on any atom is 0.243 e. The fourth-order valence-corrected chi connectivity index (χ4v) is 5.02. The number of phenols is 2. The maximum atomic E-state index is 10.5. The third-order valence-electron chi connectivity index (χ3n) is 7.07. The summed E-state index contributed by atoms with van der Waals surface area (Å²) in [6.07, 6.45) is 19.8. The van der Waals surface area contributed by atoms with Crippen molar-refractivity contribution in [2.75, 3.05) is 0 Å². The van der Waals surface area contributed by atoms with E-state index in [9.17, 15) is 10.2 Å². The van der Waals surface area contributed by atoms with Gasteiger partial charge in [-0.15, -0.1) is 0 Å². The predicted molar refractivity (Wildman–Crippen MR) is 147 cm³/mol. The van der Waals surface area contributed by atoms with Gasteiger partial charge in [-0.1, -0.05) is 25.0 Å². The van der Waals surface area contributed by atoms with Crippen LogP contribution in [0, 0.1) is 0 Å². The van der Waals surface area contributed by atoms with Gasteiger partial charge in [0.25, 0.3) is 0 Å². The molecule has 0 spiro atoms. The predicted octanol–water partition coefficient (Wildman–Crippen LogP) is 3.30. The quantitative estimate of drug-likeness (QED) is 0.281. The van der Waals surface area contributed by atoms with Crippen LogP contribution in [0.5, 0.6) is 11.5 Å². The molecular formula is C30H36N6O2+2. The molecule has 2 aromatic heterocycles. The number of benzene rings is 2. The molecule has 1 saturated carbocycles. The number of rotatable bonds is 8. The number of hydrogen-bond donors (Lipinski definition) is 2. The molecule has 2 N–H and O–H groups in total. The normalized spacial score (nSPS) is 18.1. The zero-order valence-corrected chi connectivity index (χ0v) is 22.1. The second-order valence-corrected chi connectivity index (χ2v) is 10.3. The second-order valence-electron chi connectivity index (χ2n) is 10.3. The summed E-state index contributed by atoms with van der Waals surface area (Å²) in [5.74, 6) is 0.453. The molecule has 4 aromatic rings. The lowest BCUT2D eigenvalue weighted by atomic mass is 9.91. The van der Waals surface area contributed by atoms with Gasteiger partial charge in [0.1, 0.15) is 49.4 Å². The van der Waals surface area contributed by atoms with Crippen molar-refractivity contribution >= 4 is 12.4 Å². The fourth-order valence-electron chi connectivity index (χ4n) is 5.02. The highest BCUT2D eigenvalue weighted by atomic mass is 16.3. The van der Waals surface area contributed by atoms with Crippen molar-refractivity contribution in [3.05, 3.63) is 96.1 Å². The first kappa shape index (κ1) is 25.4. The third-order valence-corrected chi connectivity index (χ3v) is 7.07. The van der Waals surface area contributed by atoms with Gasteiger partial charge in [-0.25, -0.2) is 18.3 Å². The van der Waals surface area contributed by atoms with Crippen molar-refractivity contribution in [2.45, 2.75) is 50.9 Å². The Morgan fingerprint density at radius 3 is 1.61 bits per heavy atom. The molecule has 0 radical (unpaired) electrons. The minimum atomic E-state index is 0.0387. The van der Waals surface area contributed by atoms with E-state index in [1.807, 2.05) is 84.9 Å². The van der Waals surface area contributed by atoms with Crippen LogP contribution < -0.4 is 9.13 Å². The van der Waals surface area contributed by atoms with Crippen molar-refractivity contribution in [1.29, 1.82) is 0 Å². The molecule has 0 aliphatic heterocycles. The summed E-state index contributed by atoms with van der Waals surface area (Å²) in [5, 5.41) is 20.9. The number of phenolic OH excluding ortho intramolecular Hbond substituents is 2. The van der Waals surface area contributed by atoms with Gasteiger partial charge in [0.05, 0.1) is 26.2 Å². The highest BCUT2D eigenvalue weighted by molar-refractivity contribution is 5.84. The Bertz CT molecular complexity index is 1340. The lowest BCUT2D eigenvalue weighted by molar-refractivity contribution is -0.671. The van der Waals surface area contributed by atoms with Crippen LogP contribution >= 0.6 is 0 Å². The van der Waals surface area contributed by atoms with Crippen molar-refractivity contribution in [3.8, 4) is 11.5 Å². The number of nitrogens with zero attached hydrogens (tertiary/aromatic N) is 6. The fraction of sp³-hybridized carbons (Fsp3) is 0.333. The van der Waals surface area contributed by atoms with E-state index in [2.05, 4.69) is 9.13 Å². The smallest absolute Gasteiger partial charge is 0.243 e. The molecule has 8 nitrogen and oxygen atoms in total. The van der Waals surface area contributed by atoms with Crippen LogP contribution in [0.1, 0.15) is 47.9 Å². The third kappa shape index (κ3) is 6.37. The summed E-state index contributed by atoms with van der Waals surface area (Å²) in [5.41, 5.74) is 3.64. The van der Waals surface area contributed by atoms with E-state index in [4.69, 9.17) is 9.98 Å². The number of hydrogen-bond acceptors (Lipinski definition) is 4. The molecule has 2 aromatic carbocycles. The summed E-state index contributed by atoms with van der Waals surface area (Å²) in [4.78, 5) is 9.76. The van der Waals surface area contributed by atoms with E-state index in [-0.39, 0.29) is 23.6 Å². The average molecular weight is 513 g/mol. The molecule has 8 heteroatoms. The van der Waals surface area contributed by atoms with E-state index in [1.165, 1.54) is 0 Å².